The predicted molar refractivity (Wildman–Crippen MR) is 59.0 cm³/mol. The molecule has 0 aromatic heterocycles. The van der Waals surface area contributed by atoms with E-state index in [0.29, 0.717) is 17.4 Å². The lowest BCUT2D eigenvalue weighted by atomic mass is 10.1. The van der Waals surface area contributed by atoms with Crippen molar-refractivity contribution in [1.29, 1.82) is 0 Å². The lowest BCUT2D eigenvalue weighted by Gasteiger charge is -2.12. The van der Waals surface area contributed by atoms with E-state index in [-0.39, 0.29) is 5.78 Å². The average molecular weight is 217 g/mol. The monoisotopic (exact) mass is 217 g/mol. The molecule has 4 nitrogen and oxygen atoms in total. The molecule has 16 heavy (non-hydrogen) atoms. The Morgan fingerprint density at radius 2 is 1.75 bits per heavy atom. The first-order valence-corrected chi connectivity index (χ1v) is 4.91. The fraction of sp³-hybridized carbons (Fsp3) is 0.250. The van der Waals surface area contributed by atoms with Crippen LogP contribution in [0.1, 0.15) is 20.7 Å². The molecule has 0 radical (unpaired) electrons. The van der Waals surface area contributed by atoms with E-state index in [1.54, 1.807) is 18.2 Å². The summed E-state index contributed by atoms with van der Waals surface area (Å²) in [4.78, 5) is 35.9. The first-order valence-electron chi connectivity index (χ1n) is 4.91. The maximum atomic E-state index is 11.7. The van der Waals surface area contributed by atoms with Gasteiger partial charge < -0.3 is 9.69 Å². The highest BCUT2D eigenvalue weighted by atomic mass is 16.2. The molecule has 0 N–H and O–H groups in total. The molecule has 1 aromatic carbocycles. The Kier molecular flexibility index (Phi) is 2.34. The van der Waals surface area contributed by atoms with E-state index in [0.717, 1.165) is 5.69 Å². The van der Waals surface area contributed by atoms with Crippen LogP contribution in [0, 0.1) is 5.92 Å². The molecular formula is C12H11NO3. The zero-order valence-corrected chi connectivity index (χ0v) is 9.06. The molecule has 0 bridgehead atoms. The minimum atomic E-state index is -1.13. The summed E-state index contributed by atoms with van der Waals surface area (Å²) in [6, 6.07) is 5.02. The summed E-state index contributed by atoms with van der Waals surface area (Å²) >= 11 is 0. The Bertz CT molecular complexity index is 491. The summed E-state index contributed by atoms with van der Waals surface area (Å²) < 4.78 is 0. The molecule has 0 heterocycles. The maximum Gasteiger partial charge on any atom is 0.181 e. The molecule has 0 saturated heterocycles. The highest BCUT2D eigenvalue weighted by Gasteiger charge is 2.38. The lowest BCUT2D eigenvalue weighted by molar-refractivity contribution is -0.108. The summed E-state index contributed by atoms with van der Waals surface area (Å²) in [5.41, 5.74) is 1.55. The number of anilines is 1. The molecule has 82 valence electrons. The van der Waals surface area contributed by atoms with Gasteiger partial charge in [0.15, 0.2) is 11.6 Å². The fourth-order valence-electron chi connectivity index (χ4n) is 1.81. The van der Waals surface area contributed by atoms with E-state index in [1.807, 2.05) is 19.0 Å². The van der Waals surface area contributed by atoms with E-state index in [1.165, 1.54) is 0 Å². The van der Waals surface area contributed by atoms with Crippen molar-refractivity contribution >= 4 is 23.5 Å². The Morgan fingerprint density at radius 1 is 1.12 bits per heavy atom. The second-order valence-electron chi connectivity index (χ2n) is 3.97. The average Bonchev–Trinajstić information content (AvgIpc) is 2.51. The number of hydrogen-bond acceptors (Lipinski definition) is 4. The van der Waals surface area contributed by atoms with Crippen LogP contribution < -0.4 is 4.90 Å². The molecule has 2 rings (SSSR count). The van der Waals surface area contributed by atoms with Crippen molar-refractivity contribution in [3.05, 3.63) is 29.3 Å². The second-order valence-corrected chi connectivity index (χ2v) is 3.97. The highest BCUT2D eigenvalue weighted by Crippen LogP contribution is 2.28. The Labute approximate surface area is 92.9 Å². The molecule has 1 aliphatic rings. The number of hydrogen-bond donors (Lipinski definition) is 0. The fourth-order valence-corrected chi connectivity index (χ4v) is 1.81. The summed E-state index contributed by atoms with van der Waals surface area (Å²) in [5.74, 6) is -1.91. The second kappa shape index (κ2) is 3.56. The zero-order chi connectivity index (χ0) is 11.9. The highest BCUT2D eigenvalue weighted by molar-refractivity contribution is 6.32. The molecule has 0 saturated carbocycles. The van der Waals surface area contributed by atoms with E-state index in [4.69, 9.17) is 0 Å². The number of rotatable bonds is 2. The summed E-state index contributed by atoms with van der Waals surface area (Å²) in [7, 11) is 3.69. The largest absolute Gasteiger partial charge is 0.378 e. The molecule has 0 fully saturated rings. The van der Waals surface area contributed by atoms with Crippen molar-refractivity contribution in [2.45, 2.75) is 0 Å². The topological polar surface area (TPSA) is 54.5 Å². The van der Waals surface area contributed by atoms with Gasteiger partial charge in [-0.1, -0.05) is 0 Å². The van der Waals surface area contributed by atoms with Crippen LogP contribution in [0.2, 0.25) is 0 Å². The number of aldehydes is 1. The van der Waals surface area contributed by atoms with Crippen molar-refractivity contribution < 1.29 is 14.4 Å². The molecule has 1 atom stereocenters. The minimum Gasteiger partial charge on any atom is -0.378 e. The smallest absolute Gasteiger partial charge is 0.181 e. The normalized spacial score (nSPS) is 18.5. The van der Waals surface area contributed by atoms with Crippen LogP contribution in [0.15, 0.2) is 18.2 Å². The van der Waals surface area contributed by atoms with Crippen molar-refractivity contribution in [3.8, 4) is 0 Å². The molecule has 0 spiro atoms. The number of carbonyl (C=O) groups is 3. The van der Waals surface area contributed by atoms with Gasteiger partial charge in [0.05, 0.1) is 0 Å². The molecule has 1 aliphatic carbocycles. The van der Waals surface area contributed by atoms with Crippen LogP contribution in [0.4, 0.5) is 5.69 Å². The van der Waals surface area contributed by atoms with Gasteiger partial charge in [-0.2, -0.15) is 0 Å². The van der Waals surface area contributed by atoms with Gasteiger partial charge in [-0.25, -0.2) is 0 Å². The van der Waals surface area contributed by atoms with E-state index in [2.05, 4.69) is 0 Å². The van der Waals surface area contributed by atoms with Crippen molar-refractivity contribution in [3.63, 3.8) is 0 Å². The van der Waals surface area contributed by atoms with Gasteiger partial charge in [0.2, 0.25) is 0 Å². The number of benzene rings is 1. The Hall–Kier alpha value is -1.97. The molecular weight excluding hydrogens is 206 g/mol. The number of ketones is 2. The number of Topliss-reactive ketones (excluding diaryl/α,β-unsaturated/α-hetero) is 2. The quantitative estimate of drug-likeness (QED) is 0.546. The minimum absolute atomic E-state index is 0.354. The molecule has 0 amide bonds. The van der Waals surface area contributed by atoms with Crippen LogP contribution in [0.25, 0.3) is 0 Å². The molecule has 1 aromatic rings. The van der Waals surface area contributed by atoms with Crippen molar-refractivity contribution in [2.24, 2.45) is 5.92 Å². The Balaban J connectivity index is 2.56. The first-order chi connectivity index (χ1) is 7.56. The Morgan fingerprint density at radius 3 is 2.31 bits per heavy atom. The van der Waals surface area contributed by atoms with Crippen LogP contribution in [0.3, 0.4) is 0 Å². The van der Waals surface area contributed by atoms with Crippen LogP contribution in [-0.4, -0.2) is 31.9 Å². The summed E-state index contributed by atoms with van der Waals surface area (Å²) in [6.45, 7) is 0. The first kappa shape index (κ1) is 10.5. The summed E-state index contributed by atoms with van der Waals surface area (Å²) in [5, 5.41) is 0. The third-order valence-corrected chi connectivity index (χ3v) is 2.75. The van der Waals surface area contributed by atoms with E-state index in [9.17, 15) is 14.4 Å². The van der Waals surface area contributed by atoms with Gasteiger partial charge in [-0.3, -0.25) is 9.59 Å². The van der Waals surface area contributed by atoms with Crippen molar-refractivity contribution in [1.82, 2.24) is 0 Å². The third-order valence-electron chi connectivity index (χ3n) is 2.75. The molecule has 4 heteroatoms. The van der Waals surface area contributed by atoms with E-state index >= 15 is 0 Å². The number of nitrogens with zero attached hydrogens (tertiary/aromatic N) is 1. The number of carbonyl (C=O) groups excluding carboxylic acids is 3. The van der Waals surface area contributed by atoms with Crippen LogP contribution in [-0.2, 0) is 4.79 Å². The van der Waals surface area contributed by atoms with Gasteiger partial charge in [0, 0.05) is 30.9 Å². The van der Waals surface area contributed by atoms with Gasteiger partial charge in [-0.15, -0.1) is 0 Å². The van der Waals surface area contributed by atoms with Crippen LogP contribution >= 0.6 is 0 Å². The maximum absolute atomic E-state index is 11.7. The zero-order valence-electron chi connectivity index (χ0n) is 9.06. The van der Waals surface area contributed by atoms with Gasteiger partial charge in [0.1, 0.15) is 12.2 Å². The third kappa shape index (κ3) is 1.34. The van der Waals surface area contributed by atoms with E-state index < -0.39 is 11.7 Å². The number of fused-ring (bicyclic) bond motifs is 1. The van der Waals surface area contributed by atoms with Gasteiger partial charge >= 0.3 is 0 Å². The standard InChI is InChI=1S/C12H11NO3/c1-13(2)7-3-4-8-9(5-7)12(16)10(6-14)11(8)15/h3-6,10H,1-2H3. The van der Waals surface area contributed by atoms with Crippen LogP contribution in [0.5, 0.6) is 0 Å². The summed E-state index contributed by atoms with van der Waals surface area (Å²) in [6.07, 6.45) is 0.417. The van der Waals surface area contributed by atoms with Crippen molar-refractivity contribution in [2.75, 3.05) is 19.0 Å². The molecule has 0 aliphatic heterocycles. The lowest BCUT2D eigenvalue weighted by Crippen LogP contribution is -2.16. The predicted octanol–water partition coefficient (Wildman–Crippen LogP) is 0.947. The van der Waals surface area contributed by atoms with Gasteiger partial charge in [0.25, 0.3) is 0 Å². The molecule has 1 unspecified atom stereocenters. The SMILES string of the molecule is CN(C)c1ccc2c(c1)C(=O)C(C=O)C2=O. The van der Waals surface area contributed by atoms with Gasteiger partial charge in [-0.05, 0) is 18.2 Å².